The number of thiocarbonyl (C=S) groups is 1. The van der Waals surface area contributed by atoms with Gasteiger partial charge in [-0.2, -0.15) is 0 Å². The maximum absolute atomic E-state index is 5.84. The highest BCUT2D eigenvalue weighted by atomic mass is 79.9. The molecule has 0 bridgehead atoms. The number of nitrogens with one attached hydrogen (secondary N) is 1. The highest BCUT2D eigenvalue weighted by molar-refractivity contribution is 9.10. The molecule has 4 rings (SSSR count). The molecule has 2 saturated heterocycles. The standard InChI is InChI=1S/C17H18BrN3OS2/c18-11-8-14(24-10-11)16-15(13-5-1-2-6-19-13)20-17(23)21(16)9-12-4-3-7-22-12/h1-2,5-6,8,10,12,15-16H,3-4,7,9H2,(H,20,23)/t12-,15-,16-/m0/s1. The van der Waals surface area contributed by atoms with Crippen molar-refractivity contribution in [2.24, 2.45) is 0 Å². The van der Waals surface area contributed by atoms with E-state index in [4.69, 9.17) is 17.0 Å². The van der Waals surface area contributed by atoms with E-state index in [1.165, 1.54) is 4.88 Å². The van der Waals surface area contributed by atoms with E-state index in [2.05, 4.69) is 48.6 Å². The van der Waals surface area contributed by atoms with Crippen LogP contribution in [0.2, 0.25) is 0 Å². The fourth-order valence-corrected chi connectivity index (χ4v) is 5.31. The fourth-order valence-electron chi connectivity index (χ4n) is 3.40. The highest BCUT2D eigenvalue weighted by Crippen LogP contribution is 2.42. The summed E-state index contributed by atoms with van der Waals surface area (Å²) >= 11 is 11.0. The third-order valence-electron chi connectivity index (χ3n) is 4.50. The number of hydrogen-bond donors (Lipinski definition) is 1. The van der Waals surface area contributed by atoms with E-state index < -0.39 is 0 Å². The Balaban J connectivity index is 1.67. The van der Waals surface area contributed by atoms with Crippen LogP contribution in [-0.4, -0.2) is 34.3 Å². The Bertz CT molecular complexity index is 718. The van der Waals surface area contributed by atoms with Crippen LogP contribution < -0.4 is 5.32 Å². The molecule has 2 aliphatic rings. The Morgan fingerprint density at radius 3 is 3.04 bits per heavy atom. The minimum absolute atomic E-state index is 0.0608. The van der Waals surface area contributed by atoms with Gasteiger partial charge in [-0.15, -0.1) is 11.3 Å². The molecule has 126 valence electrons. The summed E-state index contributed by atoms with van der Waals surface area (Å²) in [6, 6.07) is 8.42. The number of aromatic nitrogens is 1. The number of nitrogens with zero attached hydrogens (tertiary/aromatic N) is 2. The van der Waals surface area contributed by atoms with Gasteiger partial charge in [-0.1, -0.05) is 6.07 Å². The van der Waals surface area contributed by atoms with E-state index in [1.807, 2.05) is 18.3 Å². The van der Waals surface area contributed by atoms with Gasteiger partial charge in [-0.25, -0.2) is 0 Å². The molecule has 2 aromatic rings. The number of pyridine rings is 1. The summed E-state index contributed by atoms with van der Waals surface area (Å²) in [4.78, 5) is 8.12. The van der Waals surface area contributed by atoms with Gasteiger partial charge in [0.2, 0.25) is 0 Å². The van der Waals surface area contributed by atoms with Crippen molar-refractivity contribution >= 4 is 44.6 Å². The van der Waals surface area contributed by atoms with Crippen molar-refractivity contribution in [1.29, 1.82) is 0 Å². The second-order valence-electron chi connectivity index (χ2n) is 6.08. The molecule has 3 atom stereocenters. The molecular formula is C17H18BrN3OS2. The first kappa shape index (κ1) is 16.4. The van der Waals surface area contributed by atoms with E-state index in [9.17, 15) is 0 Å². The van der Waals surface area contributed by atoms with Gasteiger partial charge in [-0.3, -0.25) is 4.98 Å². The zero-order valence-corrected chi connectivity index (χ0v) is 16.2. The highest BCUT2D eigenvalue weighted by Gasteiger charge is 2.41. The molecule has 0 aromatic carbocycles. The van der Waals surface area contributed by atoms with Crippen molar-refractivity contribution in [1.82, 2.24) is 15.2 Å². The van der Waals surface area contributed by atoms with Crippen LogP contribution in [0.3, 0.4) is 0 Å². The summed E-state index contributed by atoms with van der Waals surface area (Å²) in [5.74, 6) is 0. The Kier molecular flexibility index (Phi) is 4.85. The third kappa shape index (κ3) is 3.22. The summed E-state index contributed by atoms with van der Waals surface area (Å²) in [5.41, 5.74) is 1.02. The van der Waals surface area contributed by atoms with Gasteiger partial charge in [0.25, 0.3) is 0 Å². The molecule has 0 radical (unpaired) electrons. The Morgan fingerprint density at radius 2 is 2.38 bits per heavy atom. The largest absolute Gasteiger partial charge is 0.376 e. The number of halogens is 1. The van der Waals surface area contributed by atoms with Crippen molar-refractivity contribution in [2.45, 2.75) is 31.0 Å². The number of rotatable bonds is 4. The first-order valence-corrected chi connectivity index (χ1v) is 10.1. The van der Waals surface area contributed by atoms with Gasteiger partial charge in [0.15, 0.2) is 5.11 Å². The van der Waals surface area contributed by atoms with Crippen LogP contribution in [0.5, 0.6) is 0 Å². The molecule has 4 nitrogen and oxygen atoms in total. The van der Waals surface area contributed by atoms with Crippen LogP contribution in [0.15, 0.2) is 40.3 Å². The molecule has 24 heavy (non-hydrogen) atoms. The summed E-state index contributed by atoms with van der Waals surface area (Å²) in [5, 5.41) is 6.39. The molecule has 2 aliphatic heterocycles. The Hall–Kier alpha value is -1.02. The second-order valence-corrected chi connectivity index (χ2v) is 8.33. The lowest BCUT2D eigenvalue weighted by Crippen LogP contribution is -2.36. The predicted octanol–water partition coefficient (Wildman–Crippen LogP) is 4.06. The van der Waals surface area contributed by atoms with E-state index >= 15 is 0 Å². The topological polar surface area (TPSA) is 37.4 Å². The van der Waals surface area contributed by atoms with Crippen LogP contribution >= 0.6 is 39.5 Å². The summed E-state index contributed by atoms with van der Waals surface area (Å²) in [7, 11) is 0. The average Bonchev–Trinajstić information content (AvgIpc) is 3.31. The molecule has 0 amide bonds. The normalized spacial score (nSPS) is 26.8. The summed E-state index contributed by atoms with van der Waals surface area (Å²) < 4.78 is 6.95. The first-order chi connectivity index (χ1) is 11.7. The van der Waals surface area contributed by atoms with Gasteiger partial charge < -0.3 is 15.0 Å². The molecular weight excluding hydrogens is 406 g/mol. The van der Waals surface area contributed by atoms with Gasteiger partial charge in [-0.05, 0) is 59.2 Å². The lowest BCUT2D eigenvalue weighted by atomic mass is 10.0. The van der Waals surface area contributed by atoms with Gasteiger partial charge >= 0.3 is 0 Å². The van der Waals surface area contributed by atoms with Gasteiger partial charge in [0, 0.05) is 34.1 Å². The first-order valence-electron chi connectivity index (χ1n) is 8.06. The maximum atomic E-state index is 5.84. The summed E-state index contributed by atoms with van der Waals surface area (Å²) in [6.45, 7) is 1.69. The number of hydrogen-bond acceptors (Lipinski definition) is 4. The van der Waals surface area contributed by atoms with Crippen LogP contribution in [-0.2, 0) is 4.74 Å². The zero-order chi connectivity index (χ0) is 16.5. The number of ether oxygens (including phenoxy) is 1. The minimum atomic E-state index is 0.0608. The Morgan fingerprint density at radius 1 is 1.46 bits per heavy atom. The molecule has 0 aliphatic carbocycles. The molecule has 2 fully saturated rings. The third-order valence-corrected chi connectivity index (χ3v) is 6.62. The lowest BCUT2D eigenvalue weighted by Gasteiger charge is -2.28. The van der Waals surface area contributed by atoms with E-state index in [-0.39, 0.29) is 18.2 Å². The van der Waals surface area contributed by atoms with Crippen LogP contribution in [0, 0.1) is 0 Å². The molecule has 0 spiro atoms. The predicted molar refractivity (Wildman–Crippen MR) is 103 cm³/mol. The van der Waals surface area contributed by atoms with Crippen molar-refractivity contribution in [3.63, 3.8) is 0 Å². The van der Waals surface area contributed by atoms with E-state index in [0.29, 0.717) is 0 Å². The van der Waals surface area contributed by atoms with Crippen molar-refractivity contribution in [2.75, 3.05) is 13.2 Å². The smallest absolute Gasteiger partial charge is 0.170 e. The van der Waals surface area contributed by atoms with E-state index in [0.717, 1.165) is 41.3 Å². The molecule has 2 aromatic heterocycles. The van der Waals surface area contributed by atoms with Crippen LogP contribution in [0.1, 0.15) is 35.5 Å². The number of thiophene rings is 1. The maximum Gasteiger partial charge on any atom is 0.170 e. The minimum Gasteiger partial charge on any atom is -0.376 e. The van der Waals surface area contributed by atoms with Crippen molar-refractivity contribution in [3.8, 4) is 0 Å². The van der Waals surface area contributed by atoms with Crippen LogP contribution in [0.25, 0.3) is 0 Å². The zero-order valence-electron chi connectivity index (χ0n) is 13.0. The molecule has 0 saturated carbocycles. The monoisotopic (exact) mass is 423 g/mol. The quantitative estimate of drug-likeness (QED) is 0.750. The van der Waals surface area contributed by atoms with Crippen molar-refractivity contribution in [3.05, 3.63) is 50.9 Å². The average molecular weight is 424 g/mol. The van der Waals surface area contributed by atoms with Crippen molar-refractivity contribution < 1.29 is 4.74 Å². The molecule has 0 unspecified atom stereocenters. The molecule has 1 N–H and O–H groups in total. The van der Waals surface area contributed by atoms with Crippen LogP contribution in [0.4, 0.5) is 0 Å². The fraction of sp³-hybridized carbons (Fsp3) is 0.412. The second kappa shape index (κ2) is 7.07. The molecule has 4 heterocycles. The molecule has 7 heteroatoms. The van der Waals surface area contributed by atoms with E-state index in [1.54, 1.807) is 11.3 Å². The SMILES string of the molecule is S=C1N[C@@H](c2ccccn2)[C@H](c2cc(Br)cs2)N1C[C@@H]1CCCO1. The lowest BCUT2D eigenvalue weighted by molar-refractivity contribution is 0.0846. The van der Waals surface area contributed by atoms with Gasteiger partial charge in [0.05, 0.1) is 23.9 Å². The summed E-state index contributed by atoms with van der Waals surface area (Å²) in [6.07, 6.45) is 4.34. The Labute approximate surface area is 159 Å². The van der Waals surface area contributed by atoms with Gasteiger partial charge in [0.1, 0.15) is 0 Å².